The van der Waals surface area contributed by atoms with Gasteiger partial charge in [-0.05, 0) is 49.9 Å². The molecule has 0 spiro atoms. The zero-order valence-corrected chi connectivity index (χ0v) is 13.4. The van der Waals surface area contributed by atoms with Crippen molar-refractivity contribution in [3.05, 3.63) is 34.3 Å². The van der Waals surface area contributed by atoms with Gasteiger partial charge in [-0.1, -0.05) is 15.9 Å². The molecule has 0 atom stereocenters. The van der Waals surface area contributed by atoms with Crippen LogP contribution < -0.4 is 5.32 Å². The van der Waals surface area contributed by atoms with Crippen LogP contribution in [0.1, 0.15) is 36.0 Å². The van der Waals surface area contributed by atoms with Gasteiger partial charge in [0.05, 0.1) is 0 Å². The van der Waals surface area contributed by atoms with Gasteiger partial charge in [0.15, 0.2) is 0 Å². The fourth-order valence-electron chi connectivity index (χ4n) is 2.67. The molecule has 21 heavy (non-hydrogen) atoms. The van der Waals surface area contributed by atoms with E-state index in [-0.39, 0.29) is 23.8 Å². The molecule has 1 heterocycles. The zero-order valence-electron chi connectivity index (χ0n) is 11.8. The summed E-state index contributed by atoms with van der Waals surface area (Å²) in [4.78, 5) is 26.0. The maximum Gasteiger partial charge on any atom is 0.253 e. The van der Waals surface area contributed by atoms with E-state index in [0.717, 1.165) is 35.7 Å². The van der Waals surface area contributed by atoms with Crippen molar-refractivity contribution in [3.8, 4) is 0 Å². The van der Waals surface area contributed by atoms with Gasteiger partial charge in [-0.15, -0.1) is 0 Å². The van der Waals surface area contributed by atoms with Gasteiger partial charge in [-0.25, -0.2) is 0 Å². The van der Waals surface area contributed by atoms with Crippen molar-refractivity contribution in [2.75, 3.05) is 13.1 Å². The molecule has 1 saturated heterocycles. The average molecular weight is 351 g/mol. The molecule has 1 saturated carbocycles. The maximum absolute atomic E-state index is 12.4. The van der Waals surface area contributed by atoms with Crippen molar-refractivity contribution in [1.82, 2.24) is 10.2 Å². The van der Waals surface area contributed by atoms with E-state index in [1.165, 1.54) is 0 Å². The van der Waals surface area contributed by atoms with Gasteiger partial charge in [0, 0.05) is 35.1 Å². The molecule has 1 aromatic carbocycles. The Hall–Kier alpha value is -1.36. The first-order chi connectivity index (χ1) is 10.1. The predicted molar refractivity (Wildman–Crippen MR) is 83.9 cm³/mol. The summed E-state index contributed by atoms with van der Waals surface area (Å²) in [6.45, 7) is 1.43. The molecule has 1 N–H and O–H groups in total. The lowest BCUT2D eigenvalue weighted by atomic mass is 10.0. The van der Waals surface area contributed by atoms with Crippen LogP contribution in [0.5, 0.6) is 0 Å². The quantitative estimate of drug-likeness (QED) is 0.910. The first-order valence-corrected chi connectivity index (χ1v) is 8.28. The van der Waals surface area contributed by atoms with Crippen LogP contribution >= 0.6 is 15.9 Å². The Bertz CT molecular complexity index is 532. The van der Waals surface area contributed by atoms with Crippen LogP contribution in [-0.4, -0.2) is 35.8 Å². The Morgan fingerprint density at radius 1 is 1.05 bits per heavy atom. The predicted octanol–water partition coefficient (Wildman–Crippen LogP) is 2.58. The van der Waals surface area contributed by atoms with Gasteiger partial charge >= 0.3 is 0 Å². The van der Waals surface area contributed by atoms with Crippen molar-refractivity contribution in [2.45, 2.75) is 31.7 Å². The Morgan fingerprint density at radius 3 is 2.24 bits per heavy atom. The van der Waals surface area contributed by atoms with Crippen LogP contribution in [0.2, 0.25) is 0 Å². The lowest BCUT2D eigenvalue weighted by molar-refractivity contribution is -0.123. The molecule has 2 aliphatic rings. The number of hydrogen-bond acceptors (Lipinski definition) is 2. The number of hydrogen-bond donors (Lipinski definition) is 1. The van der Waals surface area contributed by atoms with Crippen molar-refractivity contribution in [3.63, 3.8) is 0 Å². The fraction of sp³-hybridized carbons (Fsp3) is 0.500. The number of carbonyl (C=O) groups is 2. The SMILES string of the molecule is O=C(NC1CCN(C(=O)c2ccc(Br)cc2)CC1)C1CC1. The van der Waals surface area contributed by atoms with Crippen LogP contribution in [0, 0.1) is 5.92 Å². The Labute approximate surface area is 133 Å². The normalized spacial score (nSPS) is 19.4. The summed E-state index contributed by atoms with van der Waals surface area (Å²) < 4.78 is 0.973. The van der Waals surface area contributed by atoms with Gasteiger partial charge in [-0.2, -0.15) is 0 Å². The Kier molecular flexibility index (Phi) is 4.29. The minimum Gasteiger partial charge on any atom is -0.353 e. The summed E-state index contributed by atoms with van der Waals surface area (Å²) in [6.07, 6.45) is 3.76. The number of carbonyl (C=O) groups excluding carboxylic acids is 2. The van der Waals surface area contributed by atoms with E-state index in [9.17, 15) is 9.59 Å². The first kappa shape index (κ1) is 14.6. The number of rotatable bonds is 3. The van der Waals surface area contributed by atoms with Crippen molar-refractivity contribution in [2.24, 2.45) is 5.92 Å². The van der Waals surface area contributed by atoms with E-state index >= 15 is 0 Å². The molecule has 0 aromatic heterocycles. The number of benzene rings is 1. The first-order valence-electron chi connectivity index (χ1n) is 7.49. The number of nitrogens with one attached hydrogen (secondary N) is 1. The van der Waals surface area contributed by atoms with E-state index in [4.69, 9.17) is 0 Å². The molecular formula is C16H19BrN2O2. The summed E-state index contributed by atoms with van der Waals surface area (Å²) in [5.41, 5.74) is 0.721. The van der Waals surface area contributed by atoms with Crippen LogP contribution in [0.3, 0.4) is 0 Å². The van der Waals surface area contributed by atoms with Gasteiger partial charge in [-0.3, -0.25) is 9.59 Å². The molecule has 0 unspecified atom stereocenters. The lowest BCUT2D eigenvalue weighted by Crippen LogP contribution is -2.46. The van der Waals surface area contributed by atoms with Crippen LogP contribution in [-0.2, 0) is 4.79 Å². The van der Waals surface area contributed by atoms with Gasteiger partial charge in [0.1, 0.15) is 0 Å². The Morgan fingerprint density at radius 2 is 1.67 bits per heavy atom. The van der Waals surface area contributed by atoms with Crippen LogP contribution in [0.25, 0.3) is 0 Å². The average Bonchev–Trinajstić information content (AvgIpc) is 3.33. The molecule has 0 bridgehead atoms. The van der Waals surface area contributed by atoms with E-state index in [1.807, 2.05) is 29.2 Å². The highest BCUT2D eigenvalue weighted by Gasteiger charge is 2.32. The van der Waals surface area contributed by atoms with E-state index in [1.54, 1.807) is 0 Å². The largest absolute Gasteiger partial charge is 0.353 e. The molecule has 0 radical (unpaired) electrons. The monoisotopic (exact) mass is 350 g/mol. The third-order valence-corrected chi connectivity index (χ3v) is 4.70. The molecule has 4 nitrogen and oxygen atoms in total. The van der Waals surface area contributed by atoms with E-state index in [2.05, 4.69) is 21.2 Å². The topological polar surface area (TPSA) is 49.4 Å². The highest BCUT2D eigenvalue weighted by Crippen LogP contribution is 2.29. The lowest BCUT2D eigenvalue weighted by Gasteiger charge is -2.32. The summed E-state index contributed by atoms with van der Waals surface area (Å²) in [6, 6.07) is 7.68. The minimum atomic E-state index is 0.0782. The summed E-state index contributed by atoms with van der Waals surface area (Å²) in [5.74, 6) is 0.537. The van der Waals surface area contributed by atoms with Crippen molar-refractivity contribution >= 4 is 27.7 Å². The van der Waals surface area contributed by atoms with E-state index < -0.39 is 0 Å². The van der Waals surface area contributed by atoms with Crippen LogP contribution in [0.4, 0.5) is 0 Å². The van der Waals surface area contributed by atoms with Gasteiger partial charge in [0.2, 0.25) is 5.91 Å². The highest BCUT2D eigenvalue weighted by atomic mass is 79.9. The third-order valence-electron chi connectivity index (χ3n) is 4.17. The summed E-state index contributed by atoms with van der Waals surface area (Å²) in [5, 5.41) is 3.10. The second-order valence-electron chi connectivity index (χ2n) is 5.86. The van der Waals surface area contributed by atoms with Gasteiger partial charge < -0.3 is 10.2 Å². The molecule has 5 heteroatoms. The molecule has 3 rings (SSSR count). The smallest absolute Gasteiger partial charge is 0.253 e. The van der Waals surface area contributed by atoms with E-state index in [0.29, 0.717) is 13.1 Å². The molecular weight excluding hydrogens is 332 g/mol. The summed E-state index contributed by atoms with van der Waals surface area (Å²) in [7, 11) is 0. The molecule has 112 valence electrons. The minimum absolute atomic E-state index is 0.0782. The third kappa shape index (κ3) is 3.64. The second-order valence-corrected chi connectivity index (χ2v) is 6.77. The van der Waals surface area contributed by atoms with Gasteiger partial charge in [0.25, 0.3) is 5.91 Å². The number of likely N-dealkylation sites (tertiary alicyclic amines) is 1. The fourth-order valence-corrected chi connectivity index (χ4v) is 2.93. The second kappa shape index (κ2) is 6.18. The summed E-state index contributed by atoms with van der Waals surface area (Å²) >= 11 is 3.37. The molecule has 1 aliphatic heterocycles. The Balaban J connectivity index is 1.51. The highest BCUT2D eigenvalue weighted by molar-refractivity contribution is 9.10. The van der Waals surface area contributed by atoms with Crippen molar-refractivity contribution < 1.29 is 9.59 Å². The molecule has 1 aromatic rings. The number of amides is 2. The molecule has 1 aliphatic carbocycles. The number of piperidine rings is 1. The van der Waals surface area contributed by atoms with Crippen LogP contribution in [0.15, 0.2) is 28.7 Å². The molecule has 2 fully saturated rings. The maximum atomic E-state index is 12.4. The number of nitrogens with zero attached hydrogens (tertiary/aromatic N) is 1. The zero-order chi connectivity index (χ0) is 14.8. The number of halogens is 1. The standard InChI is InChI=1S/C16H19BrN2O2/c17-13-5-3-12(4-6-13)16(21)19-9-7-14(8-10-19)18-15(20)11-1-2-11/h3-6,11,14H,1-2,7-10H2,(H,18,20). The molecule has 2 amide bonds. The van der Waals surface area contributed by atoms with Crippen molar-refractivity contribution in [1.29, 1.82) is 0 Å².